The van der Waals surface area contributed by atoms with Crippen molar-refractivity contribution in [2.45, 2.75) is 118 Å². The molecule has 27 heteroatoms. The molecule has 10 heterocycles. The summed E-state index contributed by atoms with van der Waals surface area (Å²) in [6, 6.07) is 5.57. The topological polar surface area (TPSA) is 301 Å². The van der Waals surface area contributed by atoms with Crippen molar-refractivity contribution in [2.75, 3.05) is 10.6 Å². The van der Waals surface area contributed by atoms with Gasteiger partial charge in [-0.3, -0.25) is 48.1 Å². The number of aliphatic carboxylic acids is 1. The van der Waals surface area contributed by atoms with Crippen molar-refractivity contribution < 1.29 is 42.7 Å². The van der Waals surface area contributed by atoms with E-state index in [1.54, 1.807) is 75.7 Å². The summed E-state index contributed by atoms with van der Waals surface area (Å²) in [6.07, 6.45) is 13.0. The quantitative estimate of drug-likeness (QED) is 0.0668. The number of hydrogen-bond acceptors (Lipinski definition) is 17. The first-order valence-corrected chi connectivity index (χ1v) is 27.8. The molecule has 0 spiro atoms. The highest BCUT2D eigenvalue weighted by Crippen LogP contribution is 2.59. The number of pyridine rings is 4. The first-order chi connectivity index (χ1) is 39.3. The van der Waals surface area contributed by atoms with Gasteiger partial charge in [-0.15, -0.1) is 0 Å². The van der Waals surface area contributed by atoms with Gasteiger partial charge in [0.05, 0.1) is 40.9 Å². The molecular weight excluding hydrogens is 1210 g/mol. The maximum atomic E-state index is 13.9. The van der Waals surface area contributed by atoms with E-state index in [-0.39, 0.29) is 91.7 Å². The van der Waals surface area contributed by atoms with Crippen molar-refractivity contribution in [3.8, 4) is 22.5 Å². The second-order valence-corrected chi connectivity index (χ2v) is 23.3. The van der Waals surface area contributed by atoms with Gasteiger partial charge in [0.15, 0.2) is 23.2 Å². The van der Waals surface area contributed by atoms with Crippen molar-refractivity contribution in [1.29, 1.82) is 0 Å². The number of likely N-dealkylation sites (tertiary alicyclic amines) is 1. The average molecular weight is 1260 g/mol. The highest BCUT2D eigenvalue weighted by Gasteiger charge is 2.64. The molecule has 0 aromatic carbocycles. The summed E-state index contributed by atoms with van der Waals surface area (Å²) in [6.45, 7) is 13.5. The number of ketones is 2. The van der Waals surface area contributed by atoms with Gasteiger partial charge in [0.25, 0.3) is 0 Å². The molecule has 2 aliphatic heterocycles. The first-order valence-electron chi connectivity index (χ1n) is 26.2. The van der Waals surface area contributed by atoms with Gasteiger partial charge < -0.3 is 26.0 Å². The molecule has 0 radical (unpaired) electrons. The van der Waals surface area contributed by atoms with Gasteiger partial charge in [0.1, 0.15) is 63.0 Å². The number of anilines is 2. The summed E-state index contributed by atoms with van der Waals surface area (Å²) in [5.41, 5.74) is 5.23. The summed E-state index contributed by atoms with van der Waals surface area (Å²) in [5, 5.41) is 27.5. The Hall–Kier alpha value is -8.30. The van der Waals surface area contributed by atoms with E-state index < -0.39 is 23.6 Å². The van der Waals surface area contributed by atoms with Gasteiger partial charge in [0, 0.05) is 72.6 Å². The minimum Gasteiger partial charge on any atom is -0.480 e. The van der Waals surface area contributed by atoms with Crippen molar-refractivity contribution in [3.63, 3.8) is 0 Å². The number of nitrogens with zero attached hydrogens (tertiary/aromatic N) is 13. The molecule has 4 fully saturated rings. The molecule has 8 aromatic rings. The number of nitrogens with one attached hydrogen (secondary N) is 3. The minimum absolute atomic E-state index is 0.00827. The number of carbonyl (C=O) groups excluding carboxylic acids is 5. The number of fused-ring (bicyclic) bond motifs is 4. The number of amides is 3. The van der Waals surface area contributed by atoms with Crippen molar-refractivity contribution >= 4 is 101 Å². The molecule has 3 amide bonds. The Bertz CT molecular complexity index is 4000. The lowest BCUT2D eigenvalue weighted by Gasteiger charge is -2.27. The summed E-state index contributed by atoms with van der Waals surface area (Å²) in [7, 11) is 0. The normalized spacial score (nSPS) is 20.8. The number of rotatable bonds is 12. The molecule has 0 bridgehead atoms. The van der Waals surface area contributed by atoms with E-state index in [0.717, 1.165) is 19.3 Å². The highest BCUT2D eigenvalue weighted by molar-refractivity contribution is 9.10. The van der Waals surface area contributed by atoms with Gasteiger partial charge in [-0.05, 0) is 131 Å². The number of halogens is 4. The van der Waals surface area contributed by atoms with Gasteiger partial charge in [-0.25, -0.2) is 38.7 Å². The van der Waals surface area contributed by atoms with Crippen LogP contribution in [0, 0.1) is 50.2 Å². The Balaban J connectivity index is 0.000000154. The minimum atomic E-state index is -1.04. The van der Waals surface area contributed by atoms with E-state index in [1.165, 1.54) is 41.5 Å². The zero-order valence-corrected chi connectivity index (χ0v) is 49.2. The van der Waals surface area contributed by atoms with Crippen LogP contribution in [-0.4, -0.2) is 129 Å². The van der Waals surface area contributed by atoms with Crippen LogP contribution < -0.4 is 16.0 Å². The van der Waals surface area contributed by atoms with Crippen LogP contribution in [0.15, 0.2) is 70.7 Å². The van der Waals surface area contributed by atoms with E-state index in [2.05, 4.69) is 112 Å². The Morgan fingerprint density at radius 2 is 1.11 bits per heavy atom. The summed E-state index contributed by atoms with van der Waals surface area (Å²) in [5.74, 6) is -1.35. The van der Waals surface area contributed by atoms with Gasteiger partial charge in [-0.2, -0.15) is 10.2 Å². The van der Waals surface area contributed by atoms with Gasteiger partial charge >= 0.3 is 5.97 Å². The van der Waals surface area contributed by atoms with Crippen LogP contribution >= 0.6 is 31.9 Å². The maximum absolute atomic E-state index is 13.9. The fraction of sp³-hybridized carbons (Fsp3) is 0.357. The summed E-state index contributed by atoms with van der Waals surface area (Å²) >= 11 is 6.08. The number of aryl methyl sites for hydroxylation is 4. The third kappa shape index (κ3) is 12.0. The molecule has 2 saturated heterocycles. The van der Waals surface area contributed by atoms with Crippen LogP contribution in [0.2, 0.25) is 0 Å². The van der Waals surface area contributed by atoms with Crippen LogP contribution in [0.4, 0.5) is 20.4 Å². The lowest BCUT2D eigenvalue weighted by atomic mass is 10.0. The molecular formula is C56H54Br2F2N16O7. The zero-order valence-electron chi connectivity index (χ0n) is 46.0. The molecule has 12 rings (SSSR count). The molecule has 4 aliphatic rings. The van der Waals surface area contributed by atoms with Crippen LogP contribution in [-0.2, 0) is 32.3 Å². The Kier molecular flexibility index (Phi) is 15.7. The second-order valence-electron chi connectivity index (χ2n) is 21.8. The fourth-order valence-electron chi connectivity index (χ4n) is 10.6. The Labute approximate surface area is 489 Å². The number of aromatic nitrogens is 12. The summed E-state index contributed by atoms with van der Waals surface area (Å²) in [4.78, 5) is 110. The molecule has 2 saturated carbocycles. The van der Waals surface area contributed by atoms with Gasteiger partial charge in [-0.1, -0.05) is 13.8 Å². The van der Waals surface area contributed by atoms with E-state index in [1.807, 2.05) is 0 Å². The largest absolute Gasteiger partial charge is 0.480 e. The number of Topliss-reactive ketones (excluding diaryl/α,β-unsaturated/α-hetero) is 2. The van der Waals surface area contributed by atoms with E-state index in [9.17, 15) is 37.5 Å². The number of carbonyl (C=O) groups is 6. The number of piperidine rings is 2. The molecule has 23 nitrogen and oxygen atoms in total. The summed E-state index contributed by atoms with van der Waals surface area (Å²) < 4.78 is 30.0. The molecule has 0 unspecified atom stereocenters. The smallest absolute Gasteiger partial charge is 0.325 e. The van der Waals surface area contributed by atoms with E-state index in [4.69, 9.17) is 5.11 Å². The average Bonchev–Trinajstić information content (AvgIpc) is 1.65. The third-order valence-electron chi connectivity index (χ3n) is 15.4. The fourth-order valence-corrected chi connectivity index (χ4v) is 11.2. The molecule has 2 aliphatic carbocycles. The van der Waals surface area contributed by atoms with Crippen molar-refractivity contribution in [1.82, 2.24) is 69.6 Å². The van der Waals surface area contributed by atoms with Crippen molar-refractivity contribution in [2.24, 2.45) is 10.8 Å². The Morgan fingerprint density at radius 1 is 0.639 bits per heavy atom. The maximum Gasteiger partial charge on any atom is 0.325 e. The predicted octanol–water partition coefficient (Wildman–Crippen LogP) is 7.88. The van der Waals surface area contributed by atoms with E-state index >= 15 is 0 Å². The second kappa shape index (κ2) is 22.5. The van der Waals surface area contributed by atoms with Crippen LogP contribution in [0.25, 0.3) is 44.3 Å². The standard InChI is InChI=1S/C28H26BrFN8O3.C15H13N5O3.C13H15BrFN3O/c1-13-5-18(30)25(29)34-26(13)35-27(41)20-7-28(4)8-22(28)38(20)23(40)12-37-21-11-33-19(16-9-31-15(3)32-10-16)6-17(21)24(36-37)14(2)39;1-8(21)15-11-3-12(10-4-16-9(2)17-5-10)18-6-13(11)20(19-15)7-14(22)23;1-6-3-7(15)10(14)17-11(6)18-12(19)8-4-13(2)5-9(13)16-8/h5-6,9-11,20,22H,7-8,12H2,1-4H3,(H,34,35,41);3-6H,7H2,1-2H3,(H,22,23);3,8-9,16H,4-5H2,1-2H3,(H,17,18,19)/t20-,22+,28-;;8-,9+,13-/m0.0/s1. The number of carboxylic acids is 1. The van der Waals surface area contributed by atoms with Gasteiger partial charge in [0.2, 0.25) is 17.7 Å². The monoisotopic (exact) mass is 1260 g/mol. The lowest BCUT2D eigenvalue weighted by molar-refractivity contribution is -0.138. The molecule has 428 valence electrons. The highest BCUT2D eigenvalue weighted by atomic mass is 79.9. The zero-order chi connectivity index (χ0) is 59.6. The SMILES string of the molecule is CC(=O)c1nn(CC(=O)N2[C@H](C(=O)Nc3nc(Br)c(F)cc3C)C[C@@]3(C)C[C@@H]23)c2cnc(-c3cnc(C)nc3)cc12.CC(=O)c1nn(CC(=O)O)c2cnc(-c3cnc(C)nc3)cc12.Cc1cc(F)c(Br)nc1NC(=O)[C@@H]1C[C@@]2(C)C[C@H]2N1. The van der Waals surface area contributed by atoms with Crippen LogP contribution in [0.5, 0.6) is 0 Å². The van der Waals surface area contributed by atoms with E-state index in [0.29, 0.717) is 85.4 Å². The molecule has 8 aromatic heterocycles. The van der Waals surface area contributed by atoms with Crippen LogP contribution in [0.3, 0.4) is 0 Å². The van der Waals surface area contributed by atoms with Crippen molar-refractivity contribution in [3.05, 3.63) is 116 Å². The molecule has 6 atom stereocenters. The number of carboxylic acid groups (broad SMARTS) is 1. The predicted molar refractivity (Wildman–Crippen MR) is 305 cm³/mol. The Morgan fingerprint density at radius 3 is 1.55 bits per heavy atom. The first kappa shape index (κ1) is 57.9. The third-order valence-corrected chi connectivity index (χ3v) is 16.5. The number of hydrogen-bond donors (Lipinski definition) is 4. The lowest BCUT2D eigenvalue weighted by Crippen LogP contribution is -2.47. The van der Waals surface area contributed by atoms with Crippen LogP contribution in [0.1, 0.15) is 97.1 Å². The molecule has 83 heavy (non-hydrogen) atoms. The molecule has 4 N–H and O–H groups in total.